The second-order valence-electron chi connectivity index (χ2n) is 7.01. The second-order valence-corrected chi connectivity index (χ2v) is 7.01. The van der Waals surface area contributed by atoms with Crippen molar-refractivity contribution in [3.63, 3.8) is 0 Å². The minimum atomic E-state index is -0.546. The first-order valence-electron chi connectivity index (χ1n) is 7.91. The normalized spacial score (nSPS) is 17.5. The smallest absolute Gasteiger partial charge is 0.410 e. The van der Waals surface area contributed by atoms with Crippen LogP contribution in [0.3, 0.4) is 0 Å². The van der Waals surface area contributed by atoms with Crippen LogP contribution in [0.15, 0.2) is 24.5 Å². The van der Waals surface area contributed by atoms with Crippen molar-refractivity contribution in [3.05, 3.63) is 36.0 Å². The Bertz CT molecular complexity index is 749. The van der Waals surface area contributed by atoms with Crippen molar-refractivity contribution < 1.29 is 13.9 Å². The number of ether oxygens (including phenoxy) is 1. The molecule has 6 nitrogen and oxygen atoms in total. The number of aromatic nitrogens is 3. The van der Waals surface area contributed by atoms with Crippen LogP contribution in [0.2, 0.25) is 0 Å². The van der Waals surface area contributed by atoms with Gasteiger partial charge in [-0.15, -0.1) is 0 Å². The van der Waals surface area contributed by atoms with Crippen LogP contribution in [0.25, 0.3) is 11.3 Å². The molecule has 0 aliphatic carbocycles. The standard InChI is InChI=1S/C17H21FN4O2/c1-11-9-22-15(10-21(11)16(23)24-17(2,3)4)13(8-20-22)14-6-5-12(18)7-19-14/h5-8,11H,9-10H2,1-4H3. The number of carbonyl (C=O) groups is 1. The quantitative estimate of drug-likeness (QED) is 0.804. The number of halogens is 1. The molecule has 0 N–H and O–H groups in total. The molecule has 2 aromatic heterocycles. The fraction of sp³-hybridized carbons (Fsp3) is 0.471. The molecule has 1 aliphatic heterocycles. The summed E-state index contributed by atoms with van der Waals surface area (Å²) in [5, 5.41) is 4.38. The number of hydrogen-bond donors (Lipinski definition) is 0. The summed E-state index contributed by atoms with van der Waals surface area (Å²) in [7, 11) is 0. The molecular weight excluding hydrogens is 311 g/mol. The van der Waals surface area contributed by atoms with Gasteiger partial charge in [-0.05, 0) is 39.8 Å². The van der Waals surface area contributed by atoms with Gasteiger partial charge in [0.2, 0.25) is 0 Å². The summed E-state index contributed by atoms with van der Waals surface area (Å²) >= 11 is 0. The zero-order valence-corrected chi connectivity index (χ0v) is 14.3. The molecule has 1 atom stereocenters. The molecule has 128 valence electrons. The van der Waals surface area contributed by atoms with Gasteiger partial charge in [0.15, 0.2) is 0 Å². The SMILES string of the molecule is CC1Cn2ncc(-c3ccc(F)cn3)c2CN1C(=O)OC(C)(C)C. The van der Waals surface area contributed by atoms with E-state index in [0.717, 1.165) is 11.3 Å². The van der Waals surface area contributed by atoms with E-state index in [1.165, 1.54) is 12.3 Å². The molecule has 1 amide bonds. The van der Waals surface area contributed by atoms with Crippen molar-refractivity contribution in [2.75, 3.05) is 0 Å². The summed E-state index contributed by atoms with van der Waals surface area (Å²) in [6, 6.07) is 2.95. The maximum Gasteiger partial charge on any atom is 0.410 e. The lowest BCUT2D eigenvalue weighted by atomic mass is 10.1. The Morgan fingerprint density at radius 2 is 2.08 bits per heavy atom. The maximum atomic E-state index is 13.1. The van der Waals surface area contributed by atoms with Gasteiger partial charge in [0.1, 0.15) is 11.4 Å². The Balaban J connectivity index is 1.89. The highest BCUT2D eigenvalue weighted by Crippen LogP contribution is 2.28. The molecule has 24 heavy (non-hydrogen) atoms. The molecule has 3 rings (SSSR count). The lowest BCUT2D eigenvalue weighted by Gasteiger charge is -2.35. The van der Waals surface area contributed by atoms with E-state index in [2.05, 4.69) is 10.1 Å². The van der Waals surface area contributed by atoms with Crippen LogP contribution in [0.4, 0.5) is 9.18 Å². The summed E-state index contributed by atoms with van der Waals surface area (Å²) in [6.45, 7) is 8.46. The van der Waals surface area contributed by atoms with Crippen molar-refractivity contribution in [2.24, 2.45) is 0 Å². The van der Waals surface area contributed by atoms with E-state index >= 15 is 0 Å². The number of amides is 1. The van der Waals surface area contributed by atoms with Crippen molar-refractivity contribution >= 4 is 6.09 Å². The number of fused-ring (bicyclic) bond motifs is 1. The first-order chi connectivity index (χ1) is 11.2. The van der Waals surface area contributed by atoms with Gasteiger partial charge in [0, 0.05) is 5.56 Å². The predicted molar refractivity (Wildman–Crippen MR) is 86.7 cm³/mol. The predicted octanol–water partition coefficient (Wildman–Crippen LogP) is 3.22. The van der Waals surface area contributed by atoms with Crippen LogP contribution in [-0.2, 0) is 17.8 Å². The third kappa shape index (κ3) is 3.25. The van der Waals surface area contributed by atoms with Gasteiger partial charge in [-0.2, -0.15) is 5.10 Å². The van der Waals surface area contributed by atoms with Crippen LogP contribution in [0.1, 0.15) is 33.4 Å². The third-order valence-electron chi connectivity index (χ3n) is 3.87. The van der Waals surface area contributed by atoms with Gasteiger partial charge in [-0.25, -0.2) is 9.18 Å². The first-order valence-corrected chi connectivity index (χ1v) is 7.91. The molecule has 0 radical (unpaired) electrons. The summed E-state index contributed by atoms with van der Waals surface area (Å²) in [4.78, 5) is 18.3. The van der Waals surface area contributed by atoms with E-state index in [1.807, 2.05) is 32.4 Å². The van der Waals surface area contributed by atoms with Gasteiger partial charge in [0.25, 0.3) is 0 Å². The molecule has 1 aliphatic rings. The molecule has 2 aromatic rings. The summed E-state index contributed by atoms with van der Waals surface area (Å²) < 4.78 is 20.5. The molecule has 3 heterocycles. The topological polar surface area (TPSA) is 60.2 Å². The largest absolute Gasteiger partial charge is 0.444 e. The number of hydrogen-bond acceptors (Lipinski definition) is 4. The molecule has 0 saturated heterocycles. The van der Waals surface area contributed by atoms with E-state index in [0.29, 0.717) is 18.8 Å². The van der Waals surface area contributed by atoms with Crippen LogP contribution >= 0.6 is 0 Å². The second kappa shape index (κ2) is 5.89. The lowest BCUT2D eigenvalue weighted by Crippen LogP contribution is -2.47. The van der Waals surface area contributed by atoms with Crippen molar-refractivity contribution in [2.45, 2.75) is 52.4 Å². The highest BCUT2D eigenvalue weighted by Gasteiger charge is 2.32. The average molecular weight is 332 g/mol. The number of carbonyl (C=O) groups excluding carboxylic acids is 1. The Morgan fingerprint density at radius 1 is 1.33 bits per heavy atom. The van der Waals surface area contributed by atoms with E-state index < -0.39 is 5.60 Å². The van der Waals surface area contributed by atoms with Gasteiger partial charge < -0.3 is 4.74 Å². The molecule has 0 bridgehead atoms. The Morgan fingerprint density at radius 3 is 2.71 bits per heavy atom. The third-order valence-corrected chi connectivity index (χ3v) is 3.87. The van der Waals surface area contributed by atoms with E-state index in [1.54, 1.807) is 17.2 Å². The van der Waals surface area contributed by atoms with Crippen LogP contribution in [-0.4, -0.2) is 37.4 Å². The summed E-state index contributed by atoms with van der Waals surface area (Å²) in [5.74, 6) is -0.385. The average Bonchev–Trinajstić information content (AvgIpc) is 2.88. The van der Waals surface area contributed by atoms with Crippen LogP contribution in [0.5, 0.6) is 0 Å². The Kier molecular flexibility index (Phi) is 4.03. The molecule has 0 fully saturated rings. The first kappa shape index (κ1) is 16.4. The maximum absolute atomic E-state index is 13.1. The van der Waals surface area contributed by atoms with E-state index in [4.69, 9.17) is 4.74 Å². The van der Waals surface area contributed by atoms with Crippen molar-refractivity contribution in [3.8, 4) is 11.3 Å². The molecule has 0 saturated carbocycles. The zero-order valence-electron chi connectivity index (χ0n) is 14.3. The Hall–Kier alpha value is -2.44. The molecular formula is C17H21FN4O2. The van der Waals surface area contributed by atoms with Crippen LogP contribution in [0, 0.1) is 5.82 Å². The van der Waals surface area contributed by atoms with Gasteiger partial charge >= 0.3 is 6.09 Å². The number of pyridine rings is 1. The highest BCUT2D eigenvalue weighted by molar-refractivity contribution is 5.70. The monoisotopic (exact) mass is 332 g/mol. The highest BCUT2D eigenvalue weighted by atomic mass is 19.1. The lowest BCUT2D eigenvalue weighted by molar-refractivity contribution is 0.00913. The van der Waals surface area contributed by atoms with Gasteiger partial charge in [-0.3, -0.25) is 14.6 Å². The van der Waals surface area contributed by atoms with Gasteiger partial charge in [-0.1, -0.05) is 0 Å². The summed E-state index contributed by atoms with van der Waals surface area (Å²) in [6.07, 6.45) is 2.54. The minimum Gasteiger partial charge on any atom is -0.444 e. The van der Waals surface area contributed by atoms with Crippen molar-refractivity contribution in [1.29, 1.82) is 0 Å². The number of nitrogens with zero attached hydrogens (tertiary/aromatic N) is 4. The van der Waals surface area contributed by atoms with Crippen LogP contribution < -0.4 is 0 Å². The zero-order chi connectivity index (χ0) is 17.5. The number of rotatable bonds is 1. The van der Waals surface area contributed by atoms with E-state index in [9.17, 15) is 9.18 Å². The molecule has 7 heteroatoms. The Labute approximate surface area is 140 Å². The van der Waals surface area contributed by atoms with Crippen molar-refractivity contribution in [1.82, 2.24) is 19.7 Å². The molecule has 0 aromatic carbocycles. The summed E-state index contributed by atoms with van der Waals surface area (Å²) in [5.41, 5.74) is 1.76. The van der Waals surface area contributed by atoms with Gasteiger partial charge in [0.05, 0.1) is 42.9 Å². The minimum absolute atomic E-state index is 0.0266. The molecule has 0 spiro atoms. The fourth-order valence-corrected chi connectivity index (χ4v) is 2.71. The molecule has 1 unspecified atom stereocenters. The van der Waals surface area contributed by atoms with E-state index in [-0.39, 0.29) is 18.0 Å². The fourth-order valence-electron chi connectivity index (χ4n) is 2.71.